The van der Waals surface area contributed by atoms with Gasteiger partial charge in [-0.15, -0.1) is 0 Å². The third-order valence-electron chi connectivity index (χ3n) is 3.09. The SMILES string of the molecule is CCCc1nc(N)cc(Nc2cccc(C(C)C)c2)n1. The molecule has 1 aromatic heterocycles. The molecule has 0 aliphatic carbocycles. The summed E-state index contributed by atoms with van der Waals surface area (Å²) in [4.78, 5) is 8.73. The highest BCUT2D eigenvalue weighted by molar-refractivity contribution is 5.59. The van der Waals surface area contributed by atoms with Crippen LogP contribution in [-0.2, 0) is 6.42 Å². The van der Waals surface area contributed by atoms with E-state index in [9.17, 15) is 0 Å². The van der Waals surface area contributed by atoms with E-state index in [0.29, 0.717) is 11.7 Å². The van der Waals surface area contributed by atoms with E-state index in [1.54, 1.807) is 6.07 Å². The summed E-state index contributed by atoms with van der Waals surface area (Å²) in [6, 6.07) is 10.1. The van der Waals surface area contributed by atoms with Crippen LogP contribution < -0.4 is 11.1 Å². The van der Waals surface area contributed by atoms with Gasteiger partial charge in [-0.25, -0.2) is 9.97 Å². The van der Waals surface area contributed by atoms with Crippen LogP contribution in [0.4, 0.5) is 17.3 Å². The second kappa shape index (κ2) is 6.37. The van der Waals surface area contributed by atoms with Gasteiger partial charge >= 0.3 is 0 Å². The Balaban J connectivity index is 2.23. The number of anilines is 3. The first-order valence-corrected chi connectivity index (χ1v) is 7.09. The molecule has 0 aliphatic rings. The molecular formula is C16H22N4. The fourth-order valence-corrected chi connectivity index (χ4v) is 2.04. The van der Waals surface area contributed by atoms with E-state index in [0.717, 1.165) is 30.2 Å². The van der Waals surface area contributed by atoms with Crippen molar-refractivity contribution in [3.63, 3.8) is 0 Å². The highest BCUT2D eigenvalue weighted by Gasteiger charge is 2.04. The molecule has 2 rings (SSSR count). The van der Waals surface area contributed by atoms with E-state index in [4.69, 9.17) is 5.73 Å². The van der Waals surface area contributed by atoms with Crippen molar-refractivity contribution >= 4 is 17.3 Å². The van der Waals surface area contributed by atoms with Crippen LogP contribution in [0.25, 0.3) is 0 Å². The second-order valence-electron chi connectivity index (χ2n) is 5.25. The minimum Gasteiger partial charge on any atom is -0.384 e. The van der Waals surface area contributed by atoms with Crippen molar-refractivity contribution in [2.24, 2.45) is 0 Å². The maximum Gasteiger partial charge on any atom is 0.136 e. The Bertz CT molecular complexity index is 578. The number of nitrogens with two attached hydrogens (primary N) is 1. The minimum atomic E-state index is 0.503. The summed E-state index contributed by atoms with van der Waals surface area (Å²) >= 11 is 0. The fraction of sp³-hybridized carbons (Fsp3) is 0.375. The van der Waals surface area contributed by atoms with Gasteiger partial charge in [-0.3, -0.25) is 0 Å². The van der Waals surface area contributed by atoms with Gasteiger partial charge in [-0.2, -0.15) is 0 Å². The monoisotopic (exact) mass is 270 g/mol. The lowest BCUT2D eigenvalue weighted by Gasteiger charge is -2.11. The summed E-state index contributed by atoms with van der Waals surface area (Å²) in [5.41, 5.74) is 8.15. The molecule has 4 heteroatoms. The normalized spacial score (nSPS) is 10.8. The molecular weight excluding hydrogens is 248 g/mol. The predicted octanol–water partition coefficient (Wildman–Crippen LogP) is 3.88. The molecule has 0 unspecified atom stereocenters. The standard InChI is InChI=1S/C16H22N4/c1-4-6-15-19-14(17)10-16(20-15)18-13-8-5-7-12(9-13)11(2)3/h5,7-11H,4,6H2,1-3H3,(H3,17,18,19,20). The van der Waals surface area contributed by atoms with E-state index in [-0.39, 0.29) is 0 Å². The Morgan fingerprint density at radius 3 is 2.70 bits per heavy atom. The lowest BCUT2D eigenvalue weighted by Crippen LogP contribution is -2.03. The lowest BCUT2D eigenvalue weighted by atomic mass is 10.0. The van der Waals surface area contributed by atoms with Crippen molar-refractivity contribution in [2.75, 3.05) is 11.1 Å². The molecule has 4 nitrogen and oxygen atoms in total. The number of hydrogen-bond donors (Lipinski definition) is 2. The zero-order valence-corrected chi connectivity index (χ0v) is 12.4. The Kier molecular flexibility index (Phi) is 4.56. The molecule has 1 aromatic carbocycles. The van der Waals surface area contributed by atoms with Gasteiger partial charge in [0.2, 0.25) is 0 Å². The van der Waals surface area contributed by atoms with Gasteiger partial charge in [0.25, 0.3) is 0 Å². The molecule has 0 spiro atoms. The molecule has 20 heavy (non-hydrogen) atoms. The summed E-state index contributed by atoms with van der Waals surface area (Å²) in [5, 5.41) is 3.31. The van der Waals surface area contributed by atoms with Crippen LogP contribution in [0.5, 0.6) is 0 Å². The first kappa shape index (κ1) is 14.3. The van der Waals surface area contributed by atoms with E-state index in [2.05, 4.69) is 54.3 Å². The van der Waals surface area contributed by atoms with Gasteiger partial charge in [0, 0.05) is 18.2 Å². The van der Waals surface area contributed by atoms with Crippen molar-refractivity contribution in [3.05, 3.63) is 41.7 Å². The summed E-state index contributed by atoms with van der Waals surface area (Å²) in [6.45, 7) is 6.47. The smallest absolute Gasteiger partial charge is 0.136 e. The molecule has 0 fully saturated rings. The van der Waals surface area contributed by atoms with Crippen molar-refractivity contribution in [1.82, 2.24) is 9.97 Å². The molecule has 2 aromatic rings. The average Bonchev–Trinajstić information content (AvgIpc) is 2.38. The van der Waals surface area contributed by atoms with E-state index in [1.165, 1.54) is 5.56 Å². The van der Waals surface area contributed by atoms with Crippen LogP contribution >= 0.6 is 0 Å². The first-order valence-electron chi connectivity index (χ1n) is 7.09. The second-order valence-corrected chi connectivity index (χ2v) is 5.25. The number of nitrogens with one attached hydrogen (secondary N) is 1. The number of benzene rings is 1. The topological polar surface area (TPSA) is 63.8 Å². The van der Waals surface area contributed by atoms with Gasteiger partial charge in [-0.1, -0.05) is 32.9 Å². The van der Waals surface area contributed by atoms with Crippen molar-refractivity contribution in [2.45, 2.75) is 39.5 Å². The zero-order chi connectivity index (χ0) is 14.5. The van der Waals surface area contributed by atoms with Crippen LogP contribution in [0.1, 0.15) is 44.5 Å². The number of hydrogen-bond acceptors (Lipinski definition) is 4. The number of nitrogen functional groups attached to an aromatic ring is 1. The predicted molar refractivity (Wildman–Crippen MR) is 84.3 cm³/mol. The highest BCUT2D eigenvalue weighted by Crippen LogP contribution is 2.21. The van der Waals surface area contributed by atoms with Gasteiger partial charge in [0.1, 0.15) is 17.5 Å². The summed E-state index contributed by atoms with van der Waals surface area (Å²) in [5.74, 6) is 2.55. The Morgan fingerprint density at radius 2 is 2.00 bits per heavy atom. The van der Waals surface area contributed by atoms with Crippen molar-refractivity contribution in [3.8, 4) is 0 Å². The molecule has 1 heterocycles. The van der Waals surface area contributed by atoms with E-state index in [1.807, 2.05) is 6.07 Å². The molecule has 0 saturated heterocycles. The minimum absolute atomic E-state index is 0.503. The Hall–Kier alpha value is -2.10. The third-order valence-corrected chi connectivity index (χ3v) is 3.09. The van der Waals surface area contributed by atoms with Crippen LogP contribution in [-0.4, -0.2) is 9.97 Å². The molecule has 3 N–H and O–H groups in total. The number of aromatic nitrogens is 2. The summed E-state index contributed by atoms with van der Waals surface area (Å²) in [6.07, 6.45) is 1.84. The van der Waals surface area contributed by atoms with Gasteiger partial charge in [0.15, 0.2) is 0 Å². The van der Waals surface area contributed by atoms with E-state index < -0.39 is 0 Å². The van der Waals surface area contributed by atoms with Crippen LogP contribution in [0.3, 0.4) is 0 Å². The maximum absolute atomic E-state index is 5.83. The van der Waals surface area contributed by atoms with Crippen LogP contribution in [0, 0.1) is 0 Å². The molecule has 106 valence electrons. The van der Waals surface area contributed by atoms with Gasteiger partial charge in [-0.05, 0) is 30.0 Å². The lowest BCUT2D eigenvalue weighted by molar-refractivity contribution is 0.839. The van der Waals surface area contributed by atoms with Crippen molar-refractivity contribution < 1.29 is 0 Å². The first-order chi connectivity index (χ1) is 9.58. The summed E-state index contributed by atoms with van der Waals surface area (Å²) in [7, 11) is 0. The summed E-state index contributed by atoms with van der Waals surface area (Å²) < 4.78 is 0. The van der Waals surface area contributed by atoms with Crippen LogP contribution in [0.2, 0.25) is 0 Å². The highest BCUT2D eigenvalue weighted by atomic mass is 15.0. The molecule has 0 atom stereocenters. The van der Waals surface area contributed by atoms with E-state index >= 15 is 0 Å². The number of rotatable bonds is 5. The molecule has 0 amide bonds. The molecule has 0 radical (unpaired) electrons. The van der Waals surface area contributed by atoms with Gasteiger partial charge in [0.05, 0.1) is 0 Å². The third kappa shape index (κ3) is 3.70. The molecule has 0 bridgehead atoms. The fourth-order valence-electron chi connectivity index (χ4n) is 2.04. The molecule has 0 aliphatic heterocycles. The Labute approximate surface area is 120 Å². The zero-order valence-electron chi connectivity index (χ0n) is 12.4. The average molecular weight is 270 g/mol. The molecule has 0 saturated carbocycles. The maximum atomic E-state index is 5.83. The number of nitrogens with zero attached hydrogens (tertiary/aromatic N) is 2. The largest absolute Gasteiger partial charge is 0.384 e. The quantitative estimate of drug-likeness (QED) is 0.865. The van der Waals surface area contributed by atoms with Crippen molar-refractivity contribution in [1.29, 1.82) is 0 Å². The Morgan fingerprint density at radius 1 is 1.20 bits per heavy atom. The number of aryl methyl sites for hydroxylation is 1. The van der Waals surface area contributed by atoms with Crippen LogP contribution in [0.15, 0.2) is 30.3 Å². The van der Waals surface area contributed by atoms with Gasteiger partial charge < -0.3 is 11.1 Å².